The number of halogens is 1. The zero-order chi connectivity index (χ0) is 10.3. The summed E-state index contributed by atoms with van der Waals surface area (Å²) >= 11 is 5.23. The fourth-order valence-corrected chi connectivity index (χ4v) is 3.57. The Kier molecular flexibility index (Phi) is 2.41. The minimum absolute atomic E-state index is 1.13. The summed E-state index contributed by atoms with van der Waals surface area (Å²) in [6.45, 7) is 2.37. The molecule has 0 spiro atoms. The van der Waals surface area contributed by atoms with Crippen LogP contribution in [0.5, 0.6) is 0 Å². The third kappa shape index (κ3) is 1.66. The van der Waals surface area contributed by atoms with Crippen molar-refractivity contribution in [3.8, 4) is 0 Å². The van der Waals surface area contributed by atoms with Crippen LogP contribution in [0.1, 0.15) is 12.8 Å². The standard InChI is InChI=1S/C11H11BrN2S/c12-10-7-8-9(14-5-1-2-6-14)3-4-13-11(8)15-10/h3-4,7H,1-2,5-6H2. The summed E-state index contributed by atoms with van der Waals surface area (Å²) in [6.07, 6.45) is 4.54. The summed E-state index contributed by atoms with van der Waals surface area (Å²) in [7, 11) is 0. The van der Waals surface area contributed by atoms with Gasteiger partial charge in [0.05, 0.1) is 3.79 Å². The maximum Gasteiger partial charge on any atom is 0.126 e. The topological polar surface area (TPSA) is 16.1 Å². The van der Waals surface area contributed by atoms with E-state index in [-0.39, 0.29) is 0 Å². The van der Waals surface area contributed by atoms with Crippen LogP contribution >= 0.6 is 27.3 Å². The number of fused-ring (bicyclic) bond motifs is 1. The molecule has 2 aromatic heterocycles. The van der Waals surface area contributed by atoms with Gasteiger partial charge in [-0.15, -0.1) is 11.3 Å². The normalized spacial score (nSPS) is 16.5. The van der Waals surface area contributed by atoms with Crippen molar-refractivity contribution in [3.05, 3.63) is 22.1 Å². The molecule has 0 aromatic carbocycles. The first-order chi connectivity index (χ1) is 7.34. The molecule has 2 aromatic rings. The summed E-state index contributed by atoms with van der Waals surface area (Å²) in [6, 6.07) is 4.31. The summed E-state index contributed by atoms with van der Waals surface area (Å²) in [4.78, 5) is 7.99. The highest BCUT2D eigenvalue weighted by Gasteiger charge is 2.16. The molecule has 0 radical (unpaired) electrons. The molecule has 3 heterocycles. The van der Waals surface area contributed by atoms with Crippen molar-refractivity contribution in [2.45, 2.75) is 12.8 Å². The summed E-state index contributed by atoms with van der Waals surface area (Å²) in [5.74, 6) is 0. The molecule has 0 atom stereocenters. The molecule has 1 aliphatic heterocycles. The Hall–Kier alpha value is -0.610. The van der Waals surface area contributed by atoms with Crippen LogP contribution in [0.3, 0.4) is 0 Å². The van der Waals surface area contributed by atoms with Gasteiger partial charge in [0.2, 0.25) is 0 Å². The van der Waals surface area contributed by atoms with E-state index in [9.17, 15) is 0 Å². The minimum Gasteiger partial charge on any atom is -0.371 e. The highest BCUT2D eigenvalue weighted by Crippen LogP contribution is 2.35. The van der Waals surface area contributed by atoms with E-state index in [0.29, 0.717) is 0 Å². The third-order valence-corrected chi connectivity index (χ3v) is 4.38. The average molecular weight is 283 g/mol. The van der Waals surface area contributed by atoms with Gasteiger partial charge in [0, 0.05) is 30.4 Å². The lowest BCUT2D eigenvalue weighted by Gasteiger charge is -2.17. The van der Waals surface area contributed by atoms with E-state index in [2.05, 4.69) is 37.9 Å². The lowest BCUT2D eigenvalue weighted by atomic mass is 10.2. The summed E-state index contributed by atoms with van der Waals surface area (Å²) in [5, 5.41) is 1.29. The number of aromatic nitrogens is 1. The van der Waals surface area contributed by atoms with Crippen molar-refractivity contribution in [1.82, 2.24) is 4.98 Å². The molecule has 4 heteroatoms. The second-order valence-corrected chi connectivity index (χ2v) is 6.20. The van der Waals surface area contributed by atoms with Crippen LogP contribution < -0.4 is 4.90 Å². The van der Waals surface area contributed by atoms with E-state index in [0.717, 1.165) is 8.62 Å². The van der Waals surface area contributed by atoms with Gasteiger partial charge in [-0.25, -0.2) is 4.98 Å². The molecule has 15 heavy (non-hydrogen) atoms. The Morgan fingerprint density at radius 3 is 2.93 bits per heavy atom. The molecule has 0 aliphatic carbocycles. The third-order valence-electron chi connectivity index (χ3n) is 2.83. The van der Waals surface area contributed by atoms with Crippen molar-refractivity contribution in [2.75, 3.05) is 18.0 Å². The fraction of sp³-hybridized carbons (Fsp3) is 0.364. The largest absolute Gasteiger partial charge is 0.371 e. The van der Waals surface area contributed by atoms with Crippen LogP contribution in [0.15, 0.2) is 22.1 Å². The molecule has 0 saturated carbocycles. The second-order valence-electron chi connectivity index (χ2n) is 3.79. The quantitative estimate of drug-likeness (QED) is 0.794. The van der Waals surface area contributed by atoms with Crippen molar-refractivity contribution in [1.29, 1.82) is 0 Å². The van der Waals surface area contributed by atoms with Gasteiger partial charge in [0.1, 0.15) is 4.83 Å². The van der Waals surface area contributed by atoms with E-state index in [1.165, 1.54) is 37.0 Å². The SMILES string of the molecule is Brc1cc2c(N3CCCC3)ccnc2s1. The lowest BCUT2D eigenvalue weighted by molar-refractivity contribution is 0.949. The van der Waals surface area contributed by atoms with Crippen molar-refractivity contribution < 1.29 is 0 Å². The zero-order valence-corrected chi connectivity index (χ0v) is 10.6. The molecule has 0 N–H and O–H groups in total. The molecular formula is C11H11BrN2S. The van der Waals surface area contributed by atoms with E-state index in [4.69, 9.17) is 0 Å². The predicted molar refractivity (Wildman–Crippen MR) is 68.8 cm³/mol. The van der Waals surface area contributed by atoms with Crippen LogP contribution in [0, 0.1) is 0 Å². The molecule has 1 fully saturated rings. The van der Waals surface area contributed by atoms with E-state index >= 15 is 0 Å². The van der Waals surface area contributed by atoms with E-state index in [1.807, 2.05) is 6.20 Å². The second kappa shape index (κ2) is 3.76. The van der Waals surface area contributed by atoms with Crippen molar-refractivity contribution >= 4 is 43.2 Å². The monoisotopic (exact) mass is 282 g/mol. The van der Waals surface area contributed by atoms with Gasteiger partial charge in [-0.3, -0.25) is 0 Å². The van der Waals surface area contributed by atoms with Crippen LogP contribution in [-0.2, 0) is 0 Å². The first-order valence-corrected chi connectivity index (χ1v) is 6.74. The molecule has 0 unspecified atom stereocenters. The number of pyridine rings is 1. The van der Waals surface area contributed by atoms with Crippen LogP contribution in [-0.4, -0.2) is 18.1 Å². The number of rotatable bonds is 1. The van der Waals surface area contributed by atoms with E-state index in [1.54, 1.807) is 11.3 Å². The van der Waals surface area contributed by atoms with Crippen LogP contribution in [0.4, 0.5) is 5.69 Å². The molecule has 0 bridgehead atoms. The number of hydrogen-bond acceptors (Lipinski definition) is 3. The Morgan fingerprint density at radius 2 is 2.13 bits per heavy atom. The Labute approximate surface area is 101 Å². The number of hydrogen-bond donors (Lipinski definition) is 0. The number of nitrogens with zero attached hydrogens (tertiary/aromatic N) is 2. The van der Waals surface area contributed by atoms with Gasteiger partial charge < -0.3 is 4.90 Å². The predicted octanol–water partition coefficient (Wildman–Crippen LogP) is 3.66. The van der Waals surface area contributed by atoms with Crippen molar-refractivity contribution in [2.24, 2.45) is 0 Å². The zero-order valence-electron chi connectivity index (χ0n) is 8.24. The average Bonchev–Trinajstić information content (AvgIpc) is 2.82. The Balaban J connectivity index is 2.16. The van der Waals surface area contributed by atoms with Gasteiger partial charge >= 0.3 is 0 Å². The van der Waals surface area contributed by atoms with Crippen molar-refractivity contribution in [3.63, 3.8) is 0 Å². The van der Waals surface area contributed by atoms with Gasteiger partial charge in [-0.1, -0.05) is 0 Å². The van der Waals surface area contributed by atoms with Gasteiger partial charge in [-0.05, 0) is 40.9 Å². The fourth-order valence-electron chi connectivity index (χ4n) is 2.13. The smallest absolute Gasteiger partial charge is 0.126 e. The highest BCUT2D eigenvalue weighted by atomic mass is 79.9. The Bertz CT molecular complexity index is 488. The van der Waals surface area contributed by atoms with Gasteiger partial charge in [-0.2, -0.15) is 0 Å². The van der Waals surface area contributed by atoms with Crippen LogP contribution in [0.25, 0.3) is 10.2 Å². The summed E-state index contributed by atoms with van der Waals surface area (Å²) < 4.78 is 1.16. The maximum atomic E-state index is 4.40. The number of thiophene rings is 1. The lowest BCUT2D eigenvalue weighted by Crippen LogP contribution is -2.17. The summed E-state index contributed by atoms with van der Waals surface area (Å²) in [5.41, 5.74) is 1.35. The molecular weight excluding hydrogens is 272 g/mol. The van der Waals surface area contributed by atoms with Gasteiger partial charge in [0.15, 0.2) is 0 Å². The molecule has 2 nitrogen and oxygen atoms in total. The van der Waals surface area contributed by atoms with Crippen LogP contribution in [0.2, 0.25) is 0 Å². The first-order valence-electron chi connectivity index (χ1n) is 5.13. The number of anilines is 1. The molecule has 1 aliphatic rings. The molecule has 78 valence electrons. The van der Waals surface area contributed by atoms with Gasteiger partial charge in [0.25, 0.3) is 0 Å². The molecule has 3 rings (SSSR count). The van der Waals surface area contributed by atoms with E-state index < -0.39 is 0 Å². The maximum absolute atomic E-state index is 4.40. The minimum atomic E-state index is 1.13. The first kappa shape index (κ1) is 9.60. The molecule has 0 amide bonds. The Morgan fingerprint density at radius 1 is 1.33 bits per heavy atom. The highest BCUT2D eigenvalue weighted by molar-refractivity contribution is 9.11. The molecule has 1 saturated heterocycles.